The van der Waals surface area contributed by atoms with Crippen molar-refractivity contribution in [3.8, 4) is 0 Å². The maximum absolute atomic E-state index is 12.7. The number of rotatable bonds is 5. The molecule has 1 aromatic heterocycles. The fraction of sp³-hybridized carbons (Fsp3) is 0.692. The summed E-state index contributed by atoms with van der Waals surface area (Å²) in [4.78, 5) is 15.1. The van der Waals surface area contributed by atoms with E-state index in [1.165, 1.54) is 23.9 Å². The van der Waals surface area contributed by atoms with Gasteiger partial charge in [0.2, 0.25) is 0 Å². The lowest BCUT2D eigenvalue weighted by Gasteiger charge is -2.42. The minimum atomic E-state index is -3.78. The van der Waals surface area contributed by atoms with E-state index >= 15 is 0 Å². The molecule has 7 nitrogen and oxygen atoms in total. The molecule has 21 heavy (non-hydrogen) atoms. The SMILES string of the molecule is CN(C1(CC(=O)O)CCCCC1)S(=O)(=O)c1cn(C)cn1. The molecular weight excluding hydrogens is 294 g/mol. The Bertz CT molecular complexity index is 617. The lowest BCUT2D eigenvalue weighted by molar-refractivity contribution is -0.140. The second-order valence-electron chi connectivity index (χ2n) is 5.71. The highest BCUT2D eigenvalue weighted by Crippen LogP contribution is 2.38. The van der Waals surface area contributed by atoms with Gasteiger partial charge in [-0.3, -0.25) is 4.79 Å². The number of aromatic nitrogens is 2. The third-order valence-electron chi connectivity index (χ3n) is 4.24. The molecule has 0 spiro atoms. The Balaban J connectivity index is 2.37. The fourth-order valence-electron chi connectivity index (χ4n) is 3.01. The van der Waals surface area contributed by atoms with Crippen LogP contribution in [0.2, 0.25) is 0 Å². The highest BCUT2D eigenvalue weighted by atomic mass is 32.2. The van der Waals surface area contributed by atoms with Gasteiger partial charge in [-0.25, -0.2) is 13.4 Å². The number of hydrogen-bond acceptors (Lipinski definition) is 4. The molecule has 1 aliphatic rings. The molecule has 0 radical (unpaired) electrons. The molecule has 118 valence electrons. The van der Waals surface area contributed by atoms with Crippen LogP contribution < -0.4 is 0 Å². The minimum Gasteiger partial charge on any atom is -0.481 e. The lowest BCUT2D eigenvalue weighted by Crippen LogP contribution is -2.52. The normalized spacial score (nSPS) is 18.8. The van der Waals surface area contributed by atoms with Crippen molar-refractivity contribution in [1.29, 1.82) is 0 Å². The van der Waals surface area contributed by atoms with Crippen LogP contribution in [0.1, 0.15) is 38.5 Å². The van der Waals surface area contributed by atoms with E-state index < -0.39 is 21.5 Å². The molecule has 0 aromatic carbocycles. The Kier molecular flexibility index (Phi) is 4.38. The lowest BCUT2D eigenvalue weighted by atomic mass is 9.79. The summed E-state index contributed by atoms with van der Waals surface area (Å²) in [6.45, 7) is 0. The van der Waals surface area contributed by atoms with E-state index in [1.807, 2.05) is 0 Å². The molecule has 1 fully saturated rings. The van der Waals surface area contributed by atoms with Gasteiger partial charge in [-0.1, -0.05) is 19.3 Å². The topological polar surface area (TPSA) is 92.5 Å². The highest BCUT2D eigenvalue weighted by Gasteiger charge is 2.44. The molecule has 0 saturated heterocycles. The largest absolute Gasteiger partial charge is 0.481 e. The van der Waals surface area contributed by atoms with E-state index in [0.29, 0.717) is 12.8 Å². The van der Waals surface area contributed by atoms with Crippen molar-refractivity contribution < 1.29 is 18.3 Å². The first-order valence-electron chi connectivity index (χ1n) is 6.97. The molecule has 0 aliphatic heterocycles. The van der Waals surface area contributed by atoms with Gasteiger partial charge in [0, 0.05) is 25.8 Å². The molecular formula is C13H21N3O4S. The van der Waals surface area contributed by atoms with Crippen molar-refractivity contribution in [2.24, 2.45) is 7.05 Å². The van der Waals surface area contributed by atoms with Crippen LogP contribution >= 0.6 is 0 Å². The zero-order valence-corrected chi connectivity index (χ0v) is 13.1. The first-order valence-corrected chi connectivity index (χ1v) is 8.41. The molecule has 1 saturated carbocycles. The summed E-state index contributed by atoms with van der Waals surface area (Å²) in [5, 5.41) is 9.14. The number of carboxylic acids is 1. The number of hydrogen-bond donors (Lipinski definition) is 1. The van der Waals surface area contributed by atoms with Crippen LogP contribution in [0, 0.1) is 0 Å². The van der Waals surface area contributed by atoms with Crippen LogP contribution in [-0.4, -0.2) is 45.9 Å². The first kappa shape index (κ1) is 16.0. The number of aliphatic carboxylic acids is 1. The monoisotopic (exact) mass is 315 g/mol. The van der Waals surface area contributed by atoms with Crippen molar-refractivity contribution in [3.05, 3.63) is 12.5 Å². The molecule has 1 aliphatic carbocycles. The summed E-state index contributed by atoms with van der Waals surface area (Å²) in [6, 6.07) is 0. The summed E-state index contributed by atoms with van der Waals surface area (Å²) < 4.78 is 28.2. The average molecular weight is 315 g/mol. The summed E-state index contributed by atoms with van der Waals surface area (Å²) >= 11 is 0. The molecule has 0 atom stereocenters. The first-order chi connectivity index (χ1) is 9.78. The standard InChI is InChI=1S/C13H21N3O4S/c1-15-9-11(14-10-15)21(19,20)16(2)13(8-12(17)18)6-4-3-5-7-13/h9-10H,3-8H2,1-2H3,(H,17,18). The van der Waals surface area contributed by atoms with Crippen LogP contribution in [0.4, 0.5) is 0 Å². The molecule has 2 rings (SSSR count). The quantitative estimate of drug-likeness (QED) is 0.882. The van der Waals surface area contributed by atoms with Crippen LogP contribution in [0.5, 0.6) is 0 Å². The molecule has 0 bridgehead atoms. The zero-order chi connectivity index (χ0) is 15.7. The van der Waals surface area contributed by atoms with Crippen LogP contribution in [0.3, 0.4) is 0 Å². The maximum atomic E-state index is 12.7. The van der Waals surface area contributed by atoms with E-state index in [-0.39, 0.29) is 11.4 Å². The van der Waals surface area contributed by atoms with E-state index in [9.17, 15) is 18.3 Å². The number of carbonyl (C=O) groups is 1. The molecule has 1 aromatic rings. The van der Waals surface area contributed by atoms with Crippen LogP contribution in [-0.2, 0) is 21.9 Å². The summed E-state index contributed by atoms with van der Waals surface area (Å²) in [6.07, 6.45) is 6.53. The van der Waals surface area contributed by atoms with Crippen molar-refractivity contribution in [2.75, 3.05) is 7.05 Å². The smallest absolute Gasteiger partial charge is 0.305 e. The Morgan fingerprint density at radius 1 is 1.43 bits per heavy atom. The van der Waals surface area contributed by atoms with E-state index in [1.54, 1.807) is 11.6 Å². The molecule has 8 heteroatoms. The number of imidazole rings is 1. The number of sulfonamides is 1. The zero-order valence-electron chi connectivity index (χ0n) is 12.3. The number of nitrogens with zero attached hydrogens (tertiary/aromatic N) is 3. The van der Waals surface area contributed by atoms with Crippen molar-refractivity contribution >= 4 is 16.0 Å². The number of aryl methyl sites for hydroxylation is 1. The van der Waals surface area contributed by atoms with E-state index in [0.717, 1.165) is 19.3 Å². The van der Waals surface area contributed by atoms with Gasteiger partial charge >= 0.3 is 5.97 Å². The summed E-state index contributed by atoms with van der Waals surface area (Å²) in [5.74, 6) is -0.972. The van der Waals surface area contributed by atoms with Gasteiger partial charge in [0.1, 0.15) is 0 Å². The Hall–Kier alpha value is -1.41. The molecule has 0 unspecified atom stereocenters. The fourth-order valence-corrected chi connectivity index (χ4v) is 4.53. The van der Waals surface area contributed by atoms with Crippen molar-refractivity contribution in [3.63, 3.8) is 0 Å². The van der Waals surface area contributed by atoms with Crippen molar-refractivity contribution in [1.82, 2.24) is 13.9 Å². The average Bonchev–Trinajstić information content (AvgIpc) is 2.85. The minimum absolute atomic E-state index is 0.0390. The summed E-state index contributed by atoms with van der Waals surface area (Å²) in [5.41, 5.74) is -0.847. The van der Waals surface area contributed by atoms with Gasteiger partial charge in [0.15, 0.2) is 5.03 Å². The van der Waals surface area contributed by atoms with Gasteiger partial charge in [-0.2, -0.15) is 4.31 Å². The van der Waals surface area contributed by atoms with Crippen molar-refractivity contribution in [2.45, 2.75) is 49.1 Å². The predicted octanol–water partition coefficient (Wildman–Crippen LogP) is 1.22. The maximum Gasteiger partial charge on any atom is 0.305 e. The van der Waals surface area contributed by atoms with Crippen LogP contribution in [0.25, 0.3) is 0 Å². The van der Waals surface area contributed by atoms with E-state index in [4.69, 9.17) is 0 Å². The summed E-state index contributed by atoms with van der Waals surface area (Å²) in [7, 11) is -0.619. The number of carboxylic acid groups (broad SMARTS) is 1. The third kappa shape index (κ3) is 3.11. The Labute approximate surface area is 124 Å². The molecule has 0 amide bonds. The van der Waals surface area contributed by atoms with Crippen LogP contribution in [0.15, 0.2) is 17.6 Å². The van der Waals surface area contributed by atoms with Gasteiger partial charge < -0.3 is 9.67 Å². The highest BCUT2D eigenvalue weighted by molar-refractivity contribution is 7.89. The molecule has 1 N–H and O–H groups in total. The van der Waals surface area contributed by atoms with Gasteiger partial charge in [-0.05, 0) is 12.8 Å². The second-order valence-corrected chi connectivity index (χ2v) is 7.62. The Morgan fingerprint density at radius 2 is 2.05 bits per heavy atom. The van der Waals surface area contributed by atoms with Gasteiger partial charge in [-0.15, -0.1) is 0 Å². The van der Waals surface area contributed by atoms with Gasteiger partial charge in [0.05, 0.1) is 12.7 Å². The predicted molar refractivity (Wildman–Crippen MR) is 76.2 cm³/mol. The van der Waals surface area contributed by atoms with Gasteiger partial charge in [0.25, 0.3) is 10.0 Å². The second kappa shape index (κ2) is 5.76. The molecule has 1 heterocycles. The third-order valence-corrected chi connectivity index (χ3v) is 6.09. The Morgan fingerprint density at radius 3 is 2.52 bits per heavy atom. The van der Waals surface area contributed by atoms with E-state index in [2.05, 4.69) is 4.98 Å².